The lowest BCUT2D eigenvalue weighted by atomic mass is 9.98. The summed E-state index contributed by atoms with van der Waals surface area (Å²) in [5.74, 6) is -2.95. The number of hydrogen-bond donors (Lipinski definition) is 7. The van der Waals surface area contributed by atoms with E-state index in [1.165, 1.54) is 15.9 Å². The number of hydrogen-bond acceptors (Lipinski definition) is 15. The Labute approximate surface area is 602 Å². The molecule has 2 saturated heterocycles. The monoisotopic (exact) mass is 1460 g/mol. The number of nitrogens with one attached hydrogen (secondary N) is 4. The maximum Gasteiger partial charge on any atom is 0.410 e. The summed E-state index contributed by atoms with van der Waals surface area (Å²) in [4.78, 5) is 124. The van der Waals surface area contributed by atoms with E-state index in [0.717, 1.165) is 46.0 Å². The predicted molar refractivity (Wildman–Crippen MR) is 381 cm³/mol. The van der Waals surface area contributed by atoms with E-state index in [1.54, 1.807) is 25.7 Å². The van der Waals surface area contributed by atoms with Gasteiger partial charge in [-0.1, -0.05) is 133 Å². The van der Waals surface area contributed by atoms with E-state index in [1.807, 2.05) is 140 Å². The van der Waals surface area contributed by atoms with E-state index >= 15 is 4.79 Å². The first-order valence-corrected chi connectivity index (χ1v) is 36.2. The summed E-state index contributed by atoms with van der Waals surface area (Å²) in [6, 6.07) is 42.2. The second kappa shape index (κ2) is 37.7. The van der Waals surface area contributed by atoms with E-state index in [0.29, 0.717) is 31.1 Å². The number of carbonyl (C=O) groups excluding carboxylic acids is 7. The van der Waals surface area contributed by atoms with Crippen LogP contribution >= 0.6 is 7.60 Å². The fraction of sp³-hybridized carbons (Fsp3) is 0.408. The van der Waals surface area contributed by atoms with Crippen molar-refractivity contribution in [3.8, 4) is 11.5 Å². The summed E-state index contributed by atoms with van der Waals surface area (Å²) < 4.78 is 82.7. The summed E-state index contributed by atoms with van der Waals surface area (Å²) in [6.45, 7) is 8.12. The highest BCUT2D eigenvalue weighted by molar-refractivity contribution is 7.52. The SMILES string of the molecule is CC(C)(C)OC(=O)N(CCOCCOCCOCCOCCCC(=O)N1CC[C@H]2CC[C@@H](C(=O)N[C@@H](CCC(N)=O)C(=O)NC(c3ccccc3)c3ccccc3)N2C(=O)[C@@H](NC(=O)c2cc3cc(C(F)(F)P(=O)(O)O)ccc3[nH]2)C1)Cc1ccc(OCc2ccccc2)c(OCc2ccccc2)c1. The number of rotatable bonds is 37. The highest BCUT2D eigenvalue weighted by Crippen LogP contribution is 2.59. The fourth-order valence-corrected chi connectivity index (χ4v) is 12.6. The second-order valence-electron chi connectivity index (χ2n) is 26.3. The number of fused-ring (bicyclic) bond motifs is 2. The van der Waals surface area contributed by atoms with Gasteiger partial charge in [-0.2, -0.15) is 8.78 Å². The molecule has 104 heavy (non-hydrogen) atoms. The van der Waals surface area contributed by atoms with Crippen molar-refractivity contribution in [2.24, 2.45) is 5.73 Å². The molecule has 8 N–H and O–H groups in total. The molecule has 4 atom stereocenters. The maximum atomic E-state index is 15.1. The molecule has 556 valence electrons. The van der Waals surface area contributed by atoms with Gasteiger partial charge in [0.2, 0.25) is 29.5 Å². The number of carbonyl (C=O) groups is 7. The van der Waals surface area contributed by atoms with Crippen molar-refractivity contribution >= 4 is 60.0 Å². The van der Waals surface area contributed by atoms with Gasteiger partial charge in [-0.25, -0.2) is 4.79 Å². The lowest BCUT2D eigenvalue weighted by Gasteiger charge is -2.39. The van der Waals surface area contributed by atoms with Gasteiger partial charge in [-0.05, 0) is 111 Å². The van der Waals surface area contributed by atoms with Gasteiger partial charge < -0.3 is 84.3 Å². The average molecular weight is 1460 g/mol. The van der Waals surface area contributed by atoms with Crippen LogP contribution in [0.1, 0.15) is 116 Å². The van der Waals surface area contributed by atoms with Gasteiger partial charge in [0, 0.05) is 68.1 Å². The molecule has 1 aromatic heterocycles. The standard InChI is InChI=1S/C76H91F2N8O17P/c1-75(2,3)103-74(93)85(48-54-26-32-65(101-50-52-17-8-4-9-18-52)66(45-54)102-51-53-19-10-5-11-20-53)36-38-98-40-42-100-44-43-99-41-39-97-37-16-25-68(88)84-35-34-59-28-31-64(72(91)81-61(30-33-67(79)87)70(89)83-69(55-21-12-6-13-22-55)56-23-14-7-15-24-56)86(59)73(92)63(49-84)82-71(90)62-47-57-46-58(27-29-60(57)80-62)76(77,78)104(94,95)96/h4-15,17-24,26-27,29,32,45-47,59,61,63-64,69,80H,16,25,28,30-31,33-44,48-51H2,1-3H3,(H2,79,87)(H,81,91)(H,82,90)(H,83,89)(H2,94,95,96)/t59-,61+,63+,64+/m1/s1. The van der Waals surface area contributed by atoms with Gasteiger partial charge in [0.15, 0.2) is 11.5 Å². The van der Waals surface area contributed by atoms with E-state index in [-0.39, 0.29) is 140 Å². The number of halogens is 2. The third kappa shape index (κ3) is 22.9. The first-order valence-electron chi connectivity index (χ1n) is 34.6. The van der Waals surface area contributed by atoms with E-state index < -0.39 is 90.3 Å². The molecule has 28 heteroatoms. The second-order valence-corrected chi connectivity index (χ2v) is 28.0. The van der Waals surface area contributed by atoms with Crippen molar-refractivity contribution in [3.63, 3.8) is 0 Å². The molecular weight excluding hydrogens is 1370 g/mol. The van der Waals surface area contributed by atoms with Crippen LogP contribution in [0.4, 0.5) is 13.6 Å². The fourth-order valence-electron chi connectivity index (χ4n) is 12.1. The summed E-state index contributed by atoms with van der Waals surface area (Å²) in [6.07, 6.45) is -0.0127. The van der Waals surface area contributed by atoms with Crippen LogP contribution < -0.4 is 31.2 Å². The third-order valence-electron chi connectivity index (χ3n) is 17.4. The smallest absolute Gasteiger partial charge is 0.410 e. The number of aromatic nitrogens is 1. The summed E-state index contributed by atoms with van der Waals surface area (Å²) in [7, 11) is -5.95. The highest BCUT2D eigenvalue weighted by Gasteiger charge is 2.51. The van der Waals surface area contributed by atoms with Gasteiger partial charge in [-0.15, -0.1) is 0 Å². The molecule has 0 unspecified atom stereocenters. The highest BCUT2D eigenvalue weighted by atomic mass is 31.2. The molecule has 2 aliphatic rings. The molecule has 2 fully saturated rings. The van der Waals surface area contributed by atoms with E-state index in [2.05, 4.69) is 20.9 Å². The summed E-state index contributed by atoms with van der Waals surface area (Å²) in [5, 5.41) is 8.49. The molecule has 7 aromatic rings. The zero-order chi connectivity index (χ0) is 74.2. The van der Waals surface area contributed by atoms with Crippen molar-refractivity contribution in [3.05, 3.63) is 203 Å². The number of ether oxygens (including phenoxy) is 7. The Bertz CT molecular complexity index is 4000. The molecule has 0 spiro atoms. The Hall–Kier alpha value is -9.60. The largest absolute Gasteiger partial charge is 0.485 e. The van der Waals surface area contributed by atoms with Crippen LogP contribution in [0, 0.1) is 0 Å². The quantitative estimate of drug-likeness (QED) is 0.0141. The minimum Gasteiger partial charge on any atom is -0.485 e. The van der Waals surface area contributed by atoms with Gasteiger partial charge in [0.05, 0.1) is 52.3 Å². The van der Waals surface area contributed by atoms with Crippen LogP contribution in [0.3, 0.4) is 0 Å². The Morgan fingerprint density at radius 1 is 0.673 bits per heavy atom. The molecule has 25 nitrogen and oxygen atoms in total. The van der Waals surface area contributed by atoms with Crippen LogP contribution in [0.2, 0.25) is 0 Å². The van der Waals surface area contributed by atoms with E-state index in [4.69, 9.17) is 38.9 Å². The molecule has 6 aromatic carbocycles. The van der Waals surface area contributed by atoms with Crippen LogP contribution in [0.5, 0.6) is 11.5 Å². The topological polar surface area (TPSA) is 329 Å². The number of alkyl halides is 2. The number of H-pyrrole nitrogens is 1. The first-order chi connectivity index (χ1) is 49.9. The Balaban J connectivity index is 0.745. The number of benzene rings is 6. The maximum absolute atomic E-state index is 15.1. The Morgan fingerprint density at radius 2 is 1.25 bits per heavy atom. The van der Waals surface area contributed by atoms with Crippen molar-refractivity contribution in [1.82, 2.24) is 35.6 Å². The van der Waals surface area contributed by atoms with Crippen LogP contribution in [0.25, 0.3) is 10.9 Å². The van der Waals surface area contributed by atoms with E-state index in [9.17, 15) is 51.9 Å². The van der Waals surface area contributed by atoms with Crippen molar-refractivity contribution in [2.45, 2.75) is 127 Å². The first kappa shape index (κ1) is 78.5. The number of primary amides is 1. The Morgan fingerprint density at radius 3 is 1.84 bits per heavy atom. The average Bonchev–Trinajstić information content (AvgIpc) is 1.56. The number of aromatic amines is 1. The lowest BCUT2D eigenvalue weighted by Crippen LogP contribution is -2.62. The van der Waals surface area contributed by atoms with Crippen LogP contribution in [-0.2, 0) is 77.6 Å². The summed E-state index contributed by atoms with van der Waals surface area (Å²) in [5.41, 5.74) is 3.47. The van der Waals surface area contributed by atoms with Gasteiger partial charge in [0.25, 0.3) is 5.91 Å². The predicted octanol–water partition coefficient (Wildman–Crippen LogP) is 9.18. The normalized spacial score (nSPS) is 15.9. The summed E-state index contributed by atoms with van der Waals surface area (Å²) >= 11 is 0. The lowest BCUT2D eigenvalue weighted by molar-refractivity contribution is -0.145. The zero-order valence-corrected chi connectivity index (χ0v) is 59.4. The third-order valence-corrected chi connectivity index (χ3v) is 18.4. The zero-order valence-electron chi connectivity index (χ0n) is 58.5. The van der Waals surface area contributed by atoms with Crippen molar-refractivity contribution in [2.75, 3.05) is 72.5 Å². The van der Waals surface area contributed by atoms with Crippen LogP contribution in [-0.4, -0.2) is 173 Å². The molecule has 0 bridgehead atoms. The molecule has 0 saturated carbocycles. The molecule has 3 heterocycles. The number of nitrogens with zero attached hydrogens (tertiary/aromatic N) is 3. The minimum atomic E-state index is -5.95. The van der Waals surface area contributed by atoms with Crippen molar-refractivity contribution < 1.29 is 89.9 Å². The molecule has 9 rings (SSSR count). The van der Waals surface area contributed by atoms with Crippen molar-refractivity contribution in [1.29, 1.82) is 0 Å². The Kier molecular flexibility index (Phi) is 28.5. The molecule has 7 amide bonds. The molecule has 0 radical (unpaired) electrons. The van der Waals surface area contributed by atoms with Gasteiger partial charge in [0.1, 0.15) is 42.6 Å². The molecule has 2 aliphatic heterocycles. The number of nitrogens with two attached hydrogens (primary N) is 1. The minimum absolute atomic E-state index is 0.00571. The molecule has 0 aliphatic carbocycles. The van der Waals surface area contributed by atoms with Gasteiger partial charge >= 0.3 is 19.4 Å². The molecular formula is C76H91F2N8O17P. The number of amides is 7. The van der Waals surface area contributed by atoms with Crippen LogP contribution in [0.15, 0.2) is 164 Å². The van der Waals surface area contributed by atoms with Gasteiger partial charge in [-0.3, -0.25) is 33.3 Å².